The number of rotatable bonds is 4. The van der Waals surface area contributed by atoms with Gasteiger partial charge in [-0.05, 0) is 31.0 Å². The predicted octanol–water partition coefficient (Wildman–Crippen LogP) is 2.16. The van der Waals surface area contributed by atoms with Crippen LogP contribution in [0, 0.1) is 5.92 Å². The molecule has 6 nitrogen and oxygen atoms in total. The molecule has 2 rings (SSSR count). The van der Waals surface area contributed by atoms with Gasteiger partial charge < -0.3 is 20.1 Å². The van der Waals surface area contributed by atoms with Crippen molar-refractivity contribution in [2.45, 2.75) is 26.0 Å². The van der Waals surface area contributed by atoms with Gasteiger partial charge in [0.2, 0.25) is 0 Å². The van der Waals surface area contributed by atoms with E-state index >= 15 is 0 Å². The highest BCUT2D eigenvalue weighted by atomic mass is 16.5. The second-order valence-corrected chi connectivity index (χ2v) is 5.23. The summed E-state index contributed by atoms with van der Waals surface area (Å²) < 4.78 is 5.06. The molecule has 114 valence electrons. The lowest BCUT2D eigenvalue weighted by atomic mass is 10.0. The quantitative estimate of drug-likeness (QED) is 0.891. The summed E-state index contributed by atoms with van der Waals surface area (Å²) in [6, 6.07) is 6.84. The van der Waals surface area contributed by atoms with Crippen molar-refractivity contribution in [1.82, 2.24) is 4.90 Å². The van der Waals surface area contributed by atoms with Gasteiger partial charge >= 0.3 is 12.0 Å². The Labute approximate surface area is 123 Å². The number of carboxylic acids is 1. The van der Waals surface area contributed by atoms with E-state index in [9.17, 15) is 9.59 Å². The number of nitrogens with one attached hydrogen (secondary N) is 1. The molecule has 21 heavy (non-hydrogen) atoms. The second kappa shape index (κ2) is 6.58. The SMILES string of the molecule is COCc1cccc(NC(=O)N2CCC(C(=O)O)C2C)c1. The average molecular weight is 292 g/mol. The highest BCUT2D eigenvalue weighted by Gasteiger charge is 2.38. The van der Waals surface area contributed by atoms with E-state index in [1.54, 1.807) is 25.0 Å². The predicted molar refractivity (Wildman–Crippen MR) is 78.1 cm³/mol. The minimum atomic E-state index is -0.847. The van der Waals surface area contributed by atoms with Crippen molar-refractivity contribution in [2.75, 3.05) is 19.0 Å². The maximum absolute atomic E-state index is 12.3. The van der Waals surface area contributed by atoms with Gasteiger partial charge in [0, 0.05) is 25.4 Å². The van der Waals surface area contributed by atoms with Crippen molar-refractivity contribution < 1.29 is 19.4 Å². The lowest BCUT2D eigenvalue weighted by Gasteiger charge is -2.23. The van der Waals surface area contributed by atoms with Crippen LogP contribution in [0.3, 0.4) is 0 Å². The fraction of sp³-hybridized carbons (Fsp3) is 0.467. The van der Waals surface area contributed by atoms with Gasteiger partial charge in [-0.1, -0.05) is 12.1 Å². The van der Waals surface area contributed by atoms with Gasteiger partial charge in [-0.2, -0.15) is 0 Å². The molecule has 1 aliphatic rings. The number of aliphatic carboxylic acids is 1. The number of likely N-dealkylation sites (tertiary alicyclic amines) is 1. The number of carboxylic acid groups (broad SMARTS) is 1. The first-order valence-electron chi connectivity index (χ1n) is 6.91. The highest BCUT2D eigenvalue weighted by Crippen LogP contribution is 2.25. The Bertz CT molecular complexity index is 532. The summed E-state index contributed by atoms with van der Waals surface area (Å²) in [6.07, 6.45) is 0.494. The molecule has 2 N–H and O–H groups in total. The van der Waals surface area contributed by atoms with Crippen molar-refractivity contribution in [3.63, 3.8) is 0 Å². The molecular formula is C15H20N2O4. The third-order valence-electron chi connectivity index (χ3n) is 3.82. The molecule has 0 spiro atoms. The summed E-state index contributed by atoms with van der Waals surface area (Å²) in [5, 5.41) is 11.9. The number of urea groups is 1. The van der Waals surface area contributed by atoms with Crippen LogP contribution in [0.5, 0.6) is 0 Å². The minimum Gasteiger partial charge on any atom is -0.481 e. The smallest absolute Gasteiger partial charge is 0.322 e. The summed E-state index contributed by atoms with van der Waals surface area (Å²) in [4.78, 5) is 24.9. The second-order valence-electron chi connectivity index (χ2n) is 5.23. The molecule has 0 aromatic heterocycles. The number of amides is 2. The first-order chi connectivity index (χ1) is 10.0. The Kier molecular flexibility index (Phi) is 4.80. The number of hydrogen-bond acceptors (Lipinski definition) is 3. The van der Waals surface area contributed by atoms with Crippen LogP contribution in [-0.4, -0.2) is 41.7 Å². The van der Waals surface area contributed by atoms with Gasteiger partial charge in [0.05, 0.1) is 12.5 Å². The van der Waals surface area contributed by atoms with E-state index in [1.165, 1.54) is 0 Å². The van der Waals surface area contributed by atoms with E-state index in [-0.39, 0.29) is 12.1 Å². The number of carbonyl (C=O) groups excluding carboxylic acids is 1. The molecule has 0 bridgehead atoms. The monoisotopic (exact) mass is 292 g/mol. The number of benzene rings is 1. The molecule has 1 heterocycles. The first kappa shape index (κ1) is 15.3. The zero-order chi connectivity index (χ0) is 15.4. The lowest BCUT2D eigenvalue weighted by molar-refractivity contribution is -0.142. The van der Waals surface area contributed by atoms with Gasteiger partial charge in [-0.3, -0.25) is 4.79 Å². The zero-order valence-corrected chi connectivity index (χ0v) is 12.2. The summed E-state index contributed by atoms with van der Waals surface area (Å²) in [7, 11) is 1.61. The molecule has 6 heteroatoms. The van der Waals surface area contributed by atoms with Crippen molar-refractivity contribution in [2.24, 2.45) is 5.92 Å². The third kappa shape index (κ3) is 3.52. The Morgan fingerprint density at radius 3 is 2.86 bits per heavy atom. The Morgan fingerprint density at radius 2 is 2.24 bits per heavy atom. The zero-order valence-electron chi connectivity index (χ0n) is 12.2. The van der Waals surface area contributed by atoms with E-state index in [0.717, 1.165) is 5.56 Å². The van der Waals surface area contributed by atoms with Crippen molar-refractivity contribution in [1.29, 1.82) is 0 Å². The van der Waals surface area contributed by atoms with Gasteiger partial charge in [-0.15, -0.1) is 0 Å². The van der Waals surface area contributed by atoms with Crippen molar-refractivity contribution >= 4 is 17.7 Å². The van der Waals surface area contributed by atoms with Gasteiger partial charge in [0.1, 0.15) is 0 Å². The Hall–Kier alpha value is -2.08. The summed E-state index contributed by atoms with van der Waals surface area (Å²) in [6.45, 7) is 2.71. The topological polar surface area (TPSA) is 78.9 Å². The molecule has 1 fully saturated rings. The van der Waals surface area contributed by atoms with Crippen molar-refractivity contribution in [3.8, 4) is 0 Å². The number of hydrogen-bond donors (Lipinski definition) is 2. The molecular weight excluding hydrogens is 272 g/mol. The van der Waals surface area contributed by atoms with Gasteiger partial charge in [-0.25, -0.2) is 4.79 Å². The summed E-state index contributed by atoms with van der Waals surface area (Å²) >= 11 is 0. The molecule has 2 atom stereocenters. The molecule has 0 radical (unpaired) electrons. The van der Waals surface area contributed by atoms with Crippen LogP contribution >= 0.6 is 0 Å². The normalized spacial score (nSPS) is 21.3. The maximum Gasteiger partial charge on any atom is 0.322 e. The number of anilines is 1. The summed E-state index contributed by atoms with van der Waals surface area (Å²) in [5.74, 6) is -1.34. The number of carbonyl (C=O) groups is 2. The van der Waals surface area contributed by atoms with Crippen LogP contribution in [0.4, 0.5) is 10.5 Å². The molecule has 1 saturated heterocycles. The van der Waals surface area contributed by atoms with Gasteiger partial charge in [0.25, 0.3) is 0 Å². The number of nitrogens with zero attached hydrogens (tertiary/aromatic N) is 1. The van der Waals surface area contributed by atoms with E-state index in [1.807, 2.05) is 18.2 Å². The van der Waals surface area contributed by atoms with E-state index in [4.69, 9.17) is 9.84 Å². The van der Waals surface area contributed by atoms with Crippen LogP contribution in [-0.2, 0) is 16.1 Å². The van der Waals surface area contributed by atoms with Gasteiger partial charge in [0.15, 0.2) is 0 Å². The van der Waals surface area contributed by atoms with Crippen LogP contribution in [0.25, 0.3) is 0 Å². The molecule has 1 aromatic rings. The molecule has 0 aliphatic carbocycles. The third-order valence-corrected chi connectivity index (χ3v) is 3.82. The van der Waals surface area contributed by atoms with E-state index in [2.05, 4.69) is 5.32 Å². The van der Waals surface area contributed by atoms with Crippen LogP contribution in [0.1, 0.15) is 18.9 Å². The summed E-state index contributed by atoms with van der Waals surface area (Å²) in [5.41, 5.74) is 1.65. The first-order valence-corrected chi connectivity index (χ1v) is 6.91. The highest BCUT2D eigenvalue weighted by molar-refractivity contribution is 5.90. The molecule has 1 aromatic carbocycles. The molecule has 0 saturated carbocycles. The lowest BCUT2D eigenvalue weighted by Crippen LogP contribution is -2.40. The maximum atomic E-state index is 12.3. The van der Waals surface area contributed by atoms with Crippen LogP contribution in [0.2, 0.25) is 0 Å². The minimum absolute atomic E-state index is 0.263. The molecule has 2 unspecified atom stereocenters. The average Bonchev–Trinajstić information content (AvgIpc) is 2.81. The fourth-order valence-electron chi connectivity index (χ4n) is 2.66. The van der Waals surface area contributed by atoms with E-state index in [0.29, 0.717) is 25.3 Å². The largest absolute Gasteiger partial charge is 0.481 e. The standard InChI is InChI=1S/C15H20N2O4/c1-10-13(14(18)19)6-7-17(10)15(20)16-12-5-3-4-11(8-12)9-21-2/h3-5,8,10,13H,6-7,9H2,1-2H3,(H,16,20)(H,18,19). The fourth-order valence-corrected chi connectivity index (χ4v) is 2.66. The molecule has 2 amide bonds. The Balaban J connectivity index is 2.02. The van der Waals surface area contributed by atoms with Crippen LogP contribution in [0.15, 0.2) is 24.3 Å². The van der Waals surface area contributed by atoms with E-state index < -0.39 is 11.9 Å². The van der Waals surface area contributed by atoms with Crippen LogP contribution < -0.4 is 5.32 Å². The van der Waals surface area contributed by atoms with Crippen molar-refractivity contribution in [3.05, 3.63) is 29.8 Å². The number of methoxy groups -OCH3 is 1. The number of ether oxygens (including phenoxy) is 1. The molecule has 1 aliphatic heterocycles. The Morgan fingerprint density at radius 1 is 1.48 bits per heavy atom.